The van der Waals surface area contributed by atoms with Gasteiger partial charge in [0.25, 0.3) is 11.8 Å². The molecule has 2 aromatic rings. The summed E-state index contributed by atoms with van der Waals surface area (Å²) in [6.07, 6.45) is 0. The number of carbonyl (C=O) groups excluding carboxylic acids is 2. The number of nitrogens with zero attached hydrogens (tertiary/aromatic N) is 1. The van der Waals surface area contributed by atoms with Crippen LogP contribution in [0.15, 0.2) is 46.9 Å². The van der Waals surface area contributed by atoms with Crippen molar-refractivity contribution < 1.29 is 9.59 Å². The zero-order valence-electron chi connectivity index (χ0n) is 9.56. The van der Waals surface area contributed by atoms with E-state index < -0.39 is 0 Å². The second-order valence-electron chi connectivity index (χ2n) is 4.09. The summed E-state index contributed by atoms with van der Waals surface area (Å²) in [6, 6.07) is 12.5. The quantitative estimate of drug-likeness (QED) is 0.512. The highest BCUT2D eigenvalue weighted by atomic mass is 127. The summed E-state index contributed by atoms with van der Waals surface area (Å²) < 4.78 is 1.66. The van der Waals surface area contributed by atoms with E-state index >= 15 is 0 Å². The number of para-hydroxylation sites is 1. The van der Waals surface area contributed by atoms with Crippen molar-refractivity contribution in [3.8, 4) is 0 Å². The maximum atomic E-state index is 12.4. The van der Waals surface area contributed by atoms with Gasteiger partial charge < -0.3 is 0 Å². The van der Waals surface area contributed by atoms with Crippen molar-refractivity contribution in [2.45, 2.75) is 0 Å². The third-order valence-electron chi connectivity index (χ3n) is 2.94. The van der Waals surface area contributed by atoms with Crippen molar-refractivity contribution in [1.29, 1.82) is 0 Å². The van der Waals surface area contributed by atoms with Crippen LogP contribution in [0.4, 0.5) is 5.69 Å². The second-order valence-corrected chi connectivity index (χ2v) is 6.16. The van der Waals surface area contributed by atoms with Gasteiger partial charge >= 0.3 is 0 Å². The molecule has 0 spiro atoms. The van der Waals surface area contributed by atoms with Gasteiger partial charge in [0.2, 0.25) is 0 Å². The zero-order chi connectivity index (χ0) is 13.6. The Morgan fingerprint density at radius 3 is 2.37 bits per heavy atom. The Morgan fingerprint density at radius 2 is 1.63 bits per heavy atom. The minimum atomic E-state index is -0.273. The Kier molecular flexibility index (Phi) is 3.18. The lowest BCUT2D eigenvalue weighted by molar-refractivity contribution is 0.0926. The summed E-state index contributed by atoms with van der Waals surface area (Å²) in [4.78, 5) is 26.0. The van der Waals surface area contributed by atoms with Crippen LogP contribution in [0.1, 0.15) is 20.7 Å². The van der Waals surface area contributed by atoms with Crippen LogP contribution in [0.25, 0.3) is 0 Å². The smallest absolute Gasteiger partial charge is 0.266 e. The Hall–Kier alpha value is -1.21. The minimum Gasteiger partial charge on any atom is -0.268 e. The first-order valence-electron chi connectivity index (χ1n) is 5.52. The number of fused-ring (bicyclic) bond motifs is 1. The molecule has 19 heavy (non-hydrogen) atoms. The van der Waals surface area contributed by atoms with E-state index in [4.69, 9.17) is 0 Å². The van der Waals surface area contributed by atoms with Gasteiger partial charge in [0.05, 0.1) is 16.8 Å². The number of carbonyl (C=O) groups is 2. The van der Waals surface area contributed by atoms with Crippen LogP contribution >= 0.6 is 38.5 Å². The van der Waals surface area contributed by atoms with Gasteiger partial charge in [-0.15, -0.1) is 0 Å². The van der Waals surface area contributed by atoms with Crippen LogP contribution < -0.4 is 4.90 Å². The molecule has 1 aliphatic heterocycles. The number of hydrogen-bond acceptors (Lipinski definition) is 2. The van der Waals surface area contributed by atoms with Crippen molar-refractivity contribution >= 4 is 56.0 Å². The molecule has 1 heterocycles. The summed E-state index contributed by atoms with van der Waals surface area (Å²) in [5.41, 5.74) is 1.53. The molecule has 0 unspecified atom stereocenters. The Morgan fingerprint density at radius 1 is 0.947 bits per heavy atom. The Bertz CT molecular complexity index is 714. The molecule has 0 fully saturated rings. The highest BCUT2D eigenvalue weighted by Crippen LogP contribution is 2.32. The largest absolute Gasteiger partial charge is 0.268 e. The van der Waals surface area contributed by atoms with Crippen LogP contribution in [-0.4, -0.2) is 11.8 Å². The fraction of sp³-hybridized carbons (Fsp3) is 0. The maximum Gasteiger partial charge on any atom is 0.266 e. The summed E-state index contributed by atoms with van der Waals surface area (Å²) in [7, 11) is 0. The average Bonchev–Trinajstić information content (AvgIpc) is 2.63. The molecular formula is C14H7BrINO2. The van der Waals surface area contributed by atoms with E-state index in [-0.39, 0.29) is 11.8 Å². The van der Waals surface area contributed by atoms with Crippen LogP contribution in [0, 0.1) is 3.57 Å². The minimum absolute atomic E-state index is 0.267. The van der Waals surface area contributed by atoms with E-state index in [2.05, 4.69) is 38.5 Å². The third-order valence-corrected chi connectivity index (χ3v) is 4.35. The summed E-state index contributed by atoms with van der Waals surface area (Å²) in [5, 5.41) is 0. The molecule has 0 atom stereocenters. The van der Waals surface area contributed by atoms with E-state index in [1.807, 2.05) is 18.2 Å². The zero-order valence-corrected chi connectivity index (χ0v) is 13.3. The highest BCUT2D eigenvalue weighted by Gasteiger charge is 2.37. The molecule has 3 rings (SSSR count). The van der Waals surface area contributed by atoms with Gasteiger partial charge in [0.1, 0.15) is 0 Å². The van der Waals surface area contributed by atoms with E-state index in [0.717, 1.165) is 8.04 Å². The standard InChI is InChI=1S/C14H7BrINO2/c15-8-5-6-9-10(7-8)14(19)17(13(9)18)12-4-2-1-3-11(12)16/h1-7H. The first kappa shape index (κ1) is 12.8. The average molecular weight is 428 g/mol. The Balaban J connectivity index is 2.16. The van der Waals surface area contributed by atoms with E-state index in [1.54, 1.807) is 24.3 Å². The highest BCUT2D eigenvalue weighted by molar-refractivity contribution is 14.1. The molecule has 3 nitrogen and oxygen atoms in total. The number of amides is 2. The normalized spacial score (nSPS) is 13.9. The Labute approximate surface area is 131 Å². The maximum absolute atomic E-state index is 12.4. The number of rotatable bonds is 1. The van der Waals surface area contributed by atoms with E-state index in [9.17, 15) is 9.59 Å². The molecule has 0 aromatic heterocycles. The SMILES string of the molecule is O=C1c2ccc(Br)cc2C(=O)N1c1ccccc1I. The van der Waals surface area contributed by atoms with E-state index in [0.29, 0.717) is 16.8 Å². The molecule has 5 heteroatoms. The molecule has 0 bridgehead atoms. The lowest BCUT2D eigenvalue weighted by Crippen LogP contribution is -2.30. The summed E-state index contributed by atoms with van der Waals surface area (Å²) in [5.74, 6) is -0.540. The number of halogens is 2. The predicted octanol–water partition coefficient (Wildman–Crippen LogP) is 3.85. The predicted molar refractivity (Wildman–Crippen MR) is 84.4 cm³/mol. The van der Waals surface area contributed by atoms with Gasteiger partial charge in [0, 0.05) is 8.04 Å². The van der Waals surface area contributed by atoms with Gasteiger partial charge in [-0.25, -0.2) is 4.90 Å². The topological polar surface area (TPSA) is 37.4 Å². The van der Waals surface area contributed by atoms with Crippen LogP contribution in [-0.2, 0) is 0 Å². The van der Waals surface area contributed by atoms with Gasteiger partial charge in [-0.1, -0.05) is 28.1 Å². The molecule has 2 aromatic carbocycles. The second kappa shape index (κ2) is 4.72. The fourth-order valence-electron chi connectivity index (χ4n) is 2.06. The van der Waals surface area contributed by atoms with Crippen molar-refractivity contribution in [3.05, 3.63) is 61.6 Å². The first-order valence-corrected chi connectivity index (χ1v) is 7.39. The fourth-order valence-corrected chi connectivity index (χ4v) is 3.05. The van der Waals surface area contributed by atoms with Gasteiger partial charge in [-0.05, 0) is 52.9 Å². The number of imide groups is 1. The molecule has 0 aliphatic carbocycles. The molecule has 0 saturated heterocycles. The lowest BCUT2D eigenvalue weighted by Gasteiger charge is -2.15. The van der Waals surface area contributed by atoms with Gasteiger partial charge in [-0.3, -0.25) is 9.59 Å². The van der Waals surface area contributed by atoms with E-state index in [1.165, 1.54) is 4.90 Å². The van der Waals surface area contributed by atoms with Crippen molar-refractivity contribution in [2.24, 2.45) is 0 Å². The van der Waals surface area contributed by atoms with Crippen molar-refractivity contribution in [1.82, 2.24) is 0 Å². The number of benzene rings is 2. The third kappa shape index (κ3) is 2.01. The number of hydrogen-bond donors (Lipinski definition) is 0. The molecule has 0 radical (unpaired) electrons. The van der Waals surface area contributed by atoms with Crippen LogP contribution in [0.2, 0.25) is 0 Å². The van der Waals surface area contributed by atoms with Crippen molar-refractivity contribution in [2.75, 3.05) is 4.90 Å². The molecule has 94 valence electrons. The monoisotopic (exact) mass is 427 g/mol. The number of anilines is 1. The molecular weight excluding hydrogens is 421 g/mol. The summed E-state index contributed by atoms with van der Waals surface area (Å²) >= 11 is 5.44. The first-order chi connectivity index (χ1) is 9.09. The van der Waals surface area contributed by atoms with Crippen molar-refractivity contribution in [3.63, 3.8) is 0 Å². The molecule has 0 N–H and O–H groups in total. The molecule has 1 aliphatic rings. The van der Waals surface area contributed by atoms with Crippen LogP contribution in [0.3, 0.4) is 0 Å². The van der Waals surface area contributed by atoms with Gasteiger partial charge in [-0.2, -0.15) is 0 Å². The van der Waals surface area contributed by atoms with Gasteiger partial charge in [0.15, 0.2) is 0 Å². The summed E-state index contributed by atoms with van der Waals surface area (Å²) in [6.45, 7) is 0. The molecule has 0 saturated carbocycles. The molecule has 2 amide bonds. The lowest BCUT2D eigenvalue weighted by atomic mass is 10.1. The van der Waals surface area contributed by atoms with Crippen LogP contribution in [0.5, 0.6) is 0 Å².